The Labute approximate surface area is 316 Å². The van der Waals surface area contributed by atoms with E-state index in [2.05, 4.69) is 91.4 Å². The molecule has 0 spiro atoms. The van der Waals surface area contributed by atoms with Crippen LogP contribution in [0.1, 0.15) is 107 Å². The van der Waals surface area contributed by atoms with E-state index in [-0.39, 0.29) is 71.4 Å². The number of hydrogen-bond acceptors (Lipinski definition) is 9. The Kier molecular flexibility index (Phi) is 16.8. The third-order valence-electron chi connectivity index (χ3n) is 12.8. The first-order valence-electron chi connectivity index (χ1n) is 19.9. The highest BCUT2D eigenvalue weighted by Crippen LogP contribution is 2.44. The minimum atomic E-state index is -2.08. The van der Waals surface area contributed by atoms with Crippen molar-refractivity contribution in [1.82, 2.24) is 0 Å². The van der Waals surface area contributed by atoms with Crippen molar-refractivity contribution in [2.45, 2.75) is 156 Å². The number of carbonyl (C=O) groups excluding carboxylic acids is 3. The Bertz CT molecular complexity index is 1240. The molecule has 9 nitrogen and oxygen atoms in total. The highest BCUT2D eigenvalue weighted by molar-refractivity contribution is 6.74. The fourth-order valence-corrected chi connectivity index (χ4v) is 9.21. The highest BCUT2D eigenvalue weighted by Gasteiger charge is 2.42. The first-order chi connectivity index (χ1) is 24.3. The van der Waals surface area contributed by atoms with Crippen LogP contribution in [0.25, 0.3) is 0 Å². The van der Waals surface area contributed by atoms with E-state index < -0.39 is 26.9 Å². The number of carbonyl (C=O) groups is 3. The third-order valence-corrected chi connectivity index (χ3v) is 17.3. The molecule has 0 unspecified atom stereocenters. The number of methoxy groups -OCH3 is 2. The van der Waals surface area contributed by atoms with Crippen molar-refractivity contribution in [3.05, 3.63) is 23.8 Å². The Balaban J connectivity index is 1.86. The number of rotatable bonds is 16. The van der Waals surface area contributed by atoms with Gasteiger partial charge in [-0.05, 0) is 85.9 Å². The molecule has 2 aliphatic heterocycles. The lowest BCUT2D eigenvalue weighted by Gasteiger charge is -2.42. The van der Waals surface area contributed by atoms with Crippen LogP contribution >= 0.6 is 0 Å². The van der Waals surface area contributed by atoms with Crippen molar-refractivity contribution >= 4 is 26.0 Å². The summed E-state index contributed by atoms with van der Waals surface area (Å²) in [4.78, 5) is 37.4. The fourth-order valence-electron chi connectivity index (χ4n) is 8.25. The van der Waals surface area contributed by atoms with Gasteiger partial charge in [0.25, 0.3) is 0 Å². The summed E-state index contributed by atoms with van der Waals surface area (Å²) in [6, 6.07) is 0. The van der Waals surface area contributed by atoms with Crippen molar-refractivity contribution in [1.29, 1.82) is 0 Å². The normalized spacial score (nSPS) is 32.3. The summed E-state index contributed by atoms with van der Waals surface area (Å²) in [6.07, 6.45) is 12.9. The van der Waals surface area contributed by atoms with E-state index in [1.54, 1.807) is 7.11 Å². The predicted molar refractivity (Wildman–Crippen MR) is 207 cm³/mol. The lowest BCUT2D eigenvalue weighted by Crippen LogP contribution is -2.43. The number of allylic oxidation sites excluding steroid dienone is 1. The van der Waals surface area contributed by atoms with Crippen LogP contribution < -0.4 is 0 Å². The predicted octanol–water partition coefficient (Wildman–Crippen LogP) is 8.50. The summed E-state index contributed by atoms with van der Waals surface area (Å²) >= 11 is 0. The molecule has 12 atom stereocenters. The molecule has 0 N–H and O–H groups in total. The summed E-state index contributed by atoms with van der Waals surface area (Å²) in [7, 11) is 0.896. The molecule has 2 saturated heterocycles. The van der Waals surface area contributed by atoms with Crippen molar-refractivity contribution < 1.29 is 42.5 Å². The first-order valence-corrected chi connectivity index (χ1v) is 22.8. The summed E-state index contributed by atoms with van der Waals surface area (Å²) in [5, 5.41) is 0.0589. The van der Waals surface area contributed by atoms with Crippen molar-refractivity contribution in [3.8, 4) is 0 Å². The minimum Gasteiger partial charge on any atom is -0.466 e. The van der Waals surface area contributed by atoms with E-state index in [1.807, 2.05) is 6.92 Å². The molecular formula is C42H72O9Si. The van der Waals surface area contributed by atoms with Crippen LogP contribution in [0, 0.1) is 41.4 Å². The zero-order valence-corrected chi connectivity index (χ0v) is 35.7. The van der Waals surface area contributed by atoms with Gasteiger partial charge in [-0.25, -0.2) is 4.79 Å². The van der Waals surface area contributed by atoms with E-state index in [4.69, 9.17) is 23.4 Å². The van der Waals surface area contributed by atoms with Gasteiger partial charge >= 0.3 is 11.9 Å². The van der Waals surface area contributed by atoms with Gasteiger partial charge in [0, 0.05) is 18.9 Å². The Morgan fingerprint density at radius 1 is 0.885 bits per heavy atom. The first kappa shape index (κ1) is 44.5. The van der Waals surface area contributed by atoms with Crippen molar-refractivity contribution in [3.63, 3.8) is 0 Å². The van der Waals surface area contributed by atoms with Crippen LogP contribution in [0.3, 0.4) is 0 Å². The van der Waals surface area contributed by atoms with Crippen molar-refractivity contribution in [2.75, 3.05) is 27.4 Å². The van der Waals surface area contributed by atoms with Gasteiger partial charge in [0.1, 0.15) is 12.2 Å². The van der Waals surface area contributed by atoms with Gasteiger partial charge in [0.15, 0.2) is 14.9 Å². The Hall–Kier alpha value is -1.85. The molecule has 2 heterocycles. The van der Waals surface area contributed by atoms with Gasteiger partial charge in [0.05, 0.1) is 44.2 Å². The van der Waals surface area contributed by atoms with Crippen LogP contribution in [0.4, 0.5) is 0 Å². The number of esters is 2. The SMILES string of the molecule is COC(=O)COC(=O)CC(=O)[C@@H](C)[C@H]1[C@H](C)CCC[C@@H]1/C=C(\CO[Si](C)(C)C(C)(C)C)[C@@H]1O[C@H](/C=C/[C@H](C)[C@@H]2O[C@@H]([C@H](C)OC)C[C@@H]2C)CC[C@H]1C. The summed E-state index contributed by atoms with van der Waals surface area (Å²) in [5.74, 6) is -0.328. The number of ether oxygens (including phenoxy) is 5. The molecule has 3 aliphatic rings. The summed E-state index contributed by atoms with van der Waals surface area (Å²) < 4.78 is 35.5. The molecule has 0 aromatic rings. The monoisotopic (exact) mass is 748 g/mol. The van der Waals surface area contributed by atoms with E-state index >= 15 is 0 Å². The van der Waals surface area contributed by atoms with Crippen LogP contribution in [0.15, 0.2) is 23.8 Å². The zero-order valence-electron chi connectivity index (χ0n) is 34.7. The second kappa shape index (κ2) is 19.6. The molecule has 0 amide bonds. The second-order valence-electron chi connectivity index (χ2n) is 17.8. The minimum absolute atomic E-state index is 0.0112. The molecule has 0 aromatic carbocycles. The van der Waals surface area contributed by atoms with Gasteiger partial charge in [-0.3, -0.25) is 9.59 Å². The zero-order chi connectivity index (χ0) is 39.0. The largest absolute Gasteiger partial charge is 0.466 e. The number of hydrogen-bond donors (Lipinski definition) is 0. The fraction of sp³-hybridized carbons (Fsp3) is 0.833. The lowest BCUT2D eigenvalue weighted by atomic mass is 9.65. The topological polar surface area (TPSA) is 107 Å². The molecule has 0 aromatic heterocycles. The number of Topliss-reactive ketones (excluding diaryl/α,β-unsaturated/α-hetero) is 1. The maximum absolute atomic E-state index is 13.5. The van der Waals surface area contributed by atoms with Crippen LogP contribution in [-0.4, -0.2) is 84.0 Å². The number of ketones is 1. The molecule has 52 heavy (non-hydrogen) atoms. The average Bonchev–Trinajstić information content (AvgIpc) is 3.48. The van der Waals surface area contributed by atoms with Gasteiger partial charge < -0.3 is 28.1 Å². The smallest absolute Gasteiger partial charge is 0.344 e. The Morgan fingerprint density at radius 2 is 1.58 bits per heavy atom. The van der Waals surface area contributed by atoms with Crippen LogP contribution in [-0.2, 0) is 42.5 Å². The molecule has 0 bridgehead atoms. The van der Waals surface area contributed by atoms with Gasteiger partial charge in [-0.1, -0.05) is 86.5 Å². The maximum Gasteiger partial charge on any atom is 0.344 e. The lowest BCUT2D eigenvalue weighted by molar-refractivity contribution is -0.158. The molecule has 3 fully saturated rings. The van der Waals surface area contributed by atoms with Gasteiger partial charge in [-0.2, -0.15) is 0 Å². The van der Waals surface area contributed by atoms with Gasteiger partial charge in [0.2, 0.25) is 0 Å². The quantitative estimate of drug-likeness (QED) is 0.0665. The molecule has 298 valence electrons. The molecule has 1 aliphatic carbocycles. The summed E-state index contributed by atoms with van der Waals surface area (Å²) in [5.41, 5.74) is 1.17. The molecule has 10 heteroatoms. The van der Waals surface area contributed by atoms with Crippen molar-refractivity contribution in [2.24, 2.45) is 41.4 Å². The Morgan fingerprint density at radius 3 is 2.21 bits per heavy atom. The standard InChI is InChI=1S/C42H72O9Si/c1-26-15-14-16-32(39(26)30(5)35(43)23-37(44)48-25-38(45)47-11)22-33(24-49-52(12,13)42(7,8)9)41-28(3)18-20-34(50-41)19-17-27(2)40-29(4)21-36(51-40)31(6)46-10/h17,19,22,26-32,34,36,39-41H,14-16,18,20-21,23-25H2,1-13H3/b19-17+,33-22+/t26-,27+,28-,29+,30-,31+,32-,34-,36-,39-,40+,41-/m1/s1. The van der Waals surface area contributed by atoms with Crippen LogP contribution in [0.5, 0.6) is 0 Å². The third kappa shape index (κ3) is 12.1. The van der Waals surface area contributed by atoms with E-state index in [9.17, 15) is 14.4 Å². The van der Waals surface area contributed by atoms with E-state index in [0.29, 0.717) is 24.4 Å². The molecule has 1 saturated carbocycles. The van der Waals surface area contributed by atoms with Crippen LogP contribution in [0.2, 0.25) is 18.1 Å². The van der Waals surface area contributed by atoms with E-state index in [0.717, 1.165) is 38.5 Å². The average molecular weight is 749 g/mol. The molecule has 3 rings (SSSR count). The van der Waals surface area contributed by atoms with E-state index in [1.165, 1.54) is 12.7 Å². The molecule has 0 radical (unpaired) electrons. The molecular weight excluding hydrogens is 677 g/mol. The maximum atomic E-state index is 13.5. The summed E-state index contributed by atoms with van der Waals surface area (Å²) in [6.45, 7) is 24.4. The highest BCUT2D eigenvalue weighted by atomic mass is 28.4. The van der Waals surface area contributed by atoms with Gasteiger partial charge in [-0.15, -0.1) is 0 Å². The second-order valence-corrected chi connectivity index (χ2v) is 22.6.